The van der Waals surface area contributed by atoms with Gasteiger partial charge in [-0.1, -0.05) is 5.57 Å². The molecule has 0 aliphatic carbocycles. The number of carboxylic acid groups (broad SMARTS) is 1. The summed E-state index contributed by atoms with van der Waals surface area (Å²) in [5.74, 6) is -0.951. The number of amides is 1. The second-order valence-electron chi connectivity index (χ2n) is 4.27. The number of carbonyl (C=O) groups excluding carboxylic acids is 1. The molecule has 0 atom stereocenters. The monoisotopic (exact) mass is 279 g/mol. The first-order chi connectivity index (χ1) is 9.38. The fraction of sp³-hybridized carbons (Fsp3) is 0.286. The van der Waals surface area contributed by atoms with Crippen molar-refractivity contribution in [1.82, 2.24) is 0 Å². The number of carbonyl (C=O) groups is 2. The van der Waals surface area contributed by atoms with Crippen molar-refractivity contribution in [3.63, 3.8) is 0 Å². The van der Waals surface area contributed by atoms with Crippen molar-refractivity contribution in [3.05, 3.63) is 29.3 Å². The predicted molar refractivity (Wildman–Crippen MR) is 74.6 cm³/mol. The van der Waals surface area contributed by atoms with Crippen molar-refractivity contribution in [2.24, 2.45) is 0 Å². The third kappa shape index (κ3) is 3.74. The van der Waals surface area contributed by atoms with Gasteiger partial charge in [0.25, 0.3) is 0 Å². The Hall–Kier alpha value is -2.50. The van der Waals surface area contributed by atoms with Gasteiger partial charge in [0.1, 0.15) is 0 Å². The van der Waals surface area contributed by atoms with Crippen LogP contribution >= 0.6 is 0 Å². The Morgan fingerprint density at radius 3 is 2.15 bits per heavy atom. The van der Waals surface area contributed by atoms with E-state index in [9.17, 15) is 14.7 Å². The first-order valence-corrected chi connectivity index (χ1v) is 5.84. The van der Waals surface area contributed by atoms with Crippen LogP contribution in [0.3, 0.4) is 0 Å². The molecular weight excluding hydrogens is 262 g/mol. The standard InChI is InChI=1S/C14H17NO5/c1-8(2)5-13(16)15-10-7-12(20-4)11(19-3)6-9(10)14(17)18/h5-7H,1-4H3,(H,15,16)(H,17,18). The Morgan fingerprint density at radius 2 is 1.70 bits per heavy atom. The van der Waals surface area contributed by atoms with Gasteiger partial charge in [-0.15, -0.1) is 0 Å². The number of ether oxygens (including phenoxy) is 2. The summed E-state index contributed by atoms with van der Waals surface area (Å²) in [6.45, 7) is 3.54. The molecule has 0 aliphatic rings. The lowest BCUT2D eigenvalue weighted by Crippen LogP contribution is -2.13. The zero-order chi connectivity index (χ0) is 15.3. The molecular formula is C14H17NO5. The van der Waals surface area contributed by atoms with Crippen molar-refractivity contribution < 1.29 is 24.2 Å². The Morgan fingerprint density at radius 1 is 1.15 bits per heavy atom. The van der Waals surface area contributed by atoms with E-state index in [2.05, 4.69) is 5.32 Å². The molecule has 1 amide bonds. The van der Waals surface area contributed by atoms with E-state index in [0.717, 1.165) is 5.57 Å². The molecule has 6 nitrogen and oxygen atoms in total. The highest BCUT2D eigenvalue weighted by molar-refractivity contribution is 6.05. The molecule has 0 bridgehead atoms. The Bertz CT molecular complexity index is 559. The molecule has 0 saturated carbocycles. The Balaban J connectivity index is 3.26. The van der Waals surface area contributed by atoms with Crippen LogP contribution in [-0.2, 0) is 4.79 Å². The van der Waals surface area contributed by atoms with E-state index in [1.165, 1.54) is 32.4 Å². The molecule has 1 rings (SSSR count). The van der Waals surface area contributed by atoms with Gasteiger partial charge in [-0.2, -0.15) is 0 Å². The average molecular weight is 279 g/mol. The van der Waals surface area contributed by atoms with Gasteiger partial charge in [-0.25, -0.2) is 4.79 Å². The van der Waals surface area contributed by atoms with Gasteiger partial charge in [0.2, 0.25) is 5.91 Å². The van der Waals surface area contributed by atoms with Crippen LogP contribution < -0.4 is 14.8 Å². The maximum absolute atomic E-state index is 11.7. The minimum Gasteiger partial charge on any atom is -0.493 e. The quantitative estimate of drug-likeness (QED) is 0.808. The molecule has 20 heavy (non-hydrogen) atoms. The molecule has 6 heteroatoms. The zero-order valence-corrected chi connectivity index (χ0v) is 11.8. The molecule has 0 unspecified atom stereocenters. The molecule has 0 radical (unpaired) electrons. The van der Waals surface area contributed by atoms with Gasteiger partial charge in [-0.3, -0.25) is 4.79 Å². The summed E-state index contributed by atoms with van der Waals surface area (Å²) in [4.78, 5) is 22.9. The van der Waals surface area contributed by atoms with E-state index in [1.54, 1.807) is 13.8 Å². The summed E-state index contributed by atoms with van der Waals surface area (Å²) in [5, 5.41) is 11.7. The van der Waals surface area contributed by atoms with Crippen molar-refractivity contribution in [2.75, 3.05) is 19.5 Å². The molecule has 2 N–H and O–H groups in total. The number of allylic oxidation sites excluding steroid dienone is 1. The summed E-state index contributed by atoms with van der Waals surface area (Å²) in [6.07, 6.45) is 1.38. The number of methoxy groups -OCH3 is 2. The molecule has 1 aromatic carbocycles. The molecule has 0 fully saturated rings. The van der Waals surface area contributed by atoms with Crippen LogP contribution in [0.2, 0.25) is 0 Å². The summed E-state index contributed by atoms with van der Waals surface area (Å²) in [7, 11) is 2.84. The van der Waals surface area contributed by atoms with Gasteiger partial charge < -0.3 is 19.9 Å². The smallest absolute Gasteiger partial charge is 0.337 e. The first-order valence-electron chi connectivity index (χ1n) is 5.84. The van der Waals surface area contributed by atoms with Crippen molar-refractivity contribution >= 4 is 17.6 Å². The van der Waals surface area contributed by atoms with E-state index in [4.69, 9.17) is 9.47 Å². The van der Waals surface area contributed by atoms with Crippen LogP contribution in [-0.4, -0.2) is 31.2 Å². The largest absolute Gasteiger partial charge is 0.493 e. The molecule has 0 spiro atoms. The SMILES string of the molecule is COc1cc(NC(=O)C=C(C)C)c(C(=O)O)cc1OC. The van der Waals surface area contributed by atoms with Gasteiger partial charge >= 0.3 is 5.97 Å². The van der Waals surface area contributed by atoms with Crippen LogP contribution in [0.25, 0.3) is 0 Å². The highest BCUT2D eigenvalue weighted by atomic mass is 16.5. The van der Waals surface area contributed by atoms with Crippen molar-refractivity contribution in [2.45, 2.75) is 13.8 Å². The lowest BCUT2D eigenvalue weighted by Gasteiger charge is -2.13. The second kappa shape index (κ2) is 6.60. The van der Waals surface area contributed by atoms with Gasteiger partial charge in [0, 0.05) is 18.2 Å². The number of rotatable bonds is 5. The van der Waals surface area contributed by atoms with Crippen LogP contribution in [0.4, 0.5) is 5.69 Å². The highest BCUT2D eigenvalue weighted by Crippen LogP contribution is 2.33. The maximum Gasteiger partial charge on any atom is 0.337 e. The number of anilines is 1. The van der Waals surface area contributed by atoms with E-state index in [-0.39, 0.29) is 17.0 Å². The minimum atomic E-state index is -1.17. The first kappa shape index (κ1) is 15.6. The van der Waals surface area contributed by atoms with Gasteiger partial charge in [-0.05, 0) is 13.8 Å². The highest BCUT2D eigenvalue weighted by Gasteiger charge is 2.17. The molecule has 1 aromatic rings. The second-order valence-corrected chi connectivity index (χ2v) is 4.27. The summed E-state index contributed by atoms with van der Waals surface area (Å²) in [5.41, 5.74) is 0.885. The molecule has 0 saturated heterocycles. The van der Waals surface area contributed by atoms with E-state index < -0.39 is 11.9 Å². The fourth-order valence-electron chi connectivity index (χ4n) is 1.59. The Kier molecular flexibility index (Phi) is 5.14. The zero-order valence-electron chi connectivity index (χ0n) is 11.8. The van der Waals surface area contributed by atoms with Crippen molar-refractivity contribution in [3.8, 4) is 11.5 Å². The Labute approximate surface area is 117 Å². The average Bonchev–Trinajstić information content (AvgIpc) is 2.36. The third-order valence-electron chi connectivity index (χ3n) is 2.43. The maximum atomic E-state index is 11.7. The summed E-state index contributed by atoms with van der Waals surface area (Å²) in [6, 6.07) is 2.72. The number of hydrogen-bond donors (Lipinski definition) is 2. The normalized spacial score (nSPS) is 9.60. The van der Waals surface area contributed by atoms with Crippen LogP contribution in [0.5, 0.6) is 11.5 Å². The number of hydrogen-bond acceptors (Lipinski definition) is 4. The summed E-state index contributed by atoms with van der Waals surface area (Å²) < 4.78 is 10.1. The number of aromatic carboxylic acids is 1. The van der Waals surface area contributed by atoms with Gasteiger partial charge in [0.05, 0.1) is 25.5 Å². The summed E-state index contributed by atoms with van der Waals surface area (Å²) >= 11 is 0. The van der Waals surface area contributed by atoms with Crippen LogP contribution in [0.15, 0.2) is 23.8 Å². The molecule has 0 heterocycles. The number of benzene rings is 1. The molecule has 0 aromatic heterocycles. The van der Waals surface area contributed by atoms with Crippen molar-refractivity contribution in [1.29, 1.82) is 0 Å². The van der Waals surface area contributed by atoms with Crippen LogP contribution in [0.1, 0.15) is 24.2 Å². The van der Waals surface area contributed by atoms with E-state index in [0.29, 0.717) is 5.75 Å². The number of carboxylic acids is 1. The van der Waals surface area contributed by atoms with Gasteiger partial charge in [0.15, 0.2) is 11.5 Å². The topological polar surface area (TPSA) is 84.9 Å². The predicted octanol–water partition coefficient (Wildman–Crippen LogP) is 2.31. The lowest BCUT2D eigenvalue weighted by molar-refractivity contribution is -0.111. The van der Waals surface area contributed by atoms with E-state index in [1.807, 2.05) is 0 Å². The third-order valence-corrected chi connectivity index (χ3v) is 2.43. The van der Waals surface area contributed by atoms with Crippen LogP contribution in [0, 0.1) is 0 Å². The molecule has 108 valence electrons. The fourth-order valence-corrected chi connectivity index (χ4v) is 1.59. The van der Waals surface area contributed by atoms with E-state index >= 15 is 0 Å². The molecule has 0 aliphatic heterocycles. The minimum absolute atomic E-state index is 0.0712. The number of nitrogens with one attached hydrogen (secondary N) is 1. The lowest BCUT2D eigenvalue weighted by atomic mass is 10.1.